The molecule has 1 N–H and O–H groups in total. The zero-order valence-corrected chi connectivity index (χ0v) is 15.7. The molecule has 2 fully saturated rings. The van der Waals surface area contributed by atoms with Gasteiger partial charge in [0.25, 0.3) is 0 Å². The lowest BCUT2D eigenvalue weighted by atomic mass is 9.86. The smallest absolute Gasteiger partial charge is 0.332 e. The zero-order valence-electron chi connectivity index (χ0n) is 14.9. The van der Waals surface area contributed by atoms with Crippen LogP contribution >= 0.6 is 11.3 Å². The fourth-order valence-electron chi connectivity index (χ4n) is 4.00. The molecular formula is C19H17FN6OS. The largest absolute Gasteiger partial charge is 0.359 e. The van der Waals surface area contributed by atoms with Gasteiger partial charge in [-0.3, -0.25) is 9.13 Å². The Labute approximate surface area is 162 Å². The van der Waals surface area contributed by atoms with Crippen molar-refractivity contribution in [1.82, 2.24) is 24.1 Å². The van der Waals surface area contributed by atoms with Gasteiger partial charge in [0.15, 0.2) is 16.4 Å². The van der Waals surface area contributed by atoms with E-state index in [0.717, 1.165) is 41.0 Å². The highest BCUT2D eigenvalue weighted by atomic mass is 32.1. The molecule has 0 spiro atoms. The molecular weight excluding hydrogens is 379 g/mol. The van der Waals surface area contributed by atoms with Crippen molar-refractivity contribution in [2.75, 3.05) is 5.32 Å². The Morgan fingerprint density at radius 2 is 1.79 bits per heavy atom. The summed E-state index contributed by atoms with van der Waals surface area (Å²) in [6, 6.07) is 5.24. The number of rotatable bonds is 4. The minimum atomic E-state index is -0.251. The fraction of sp³-hybridized carbons (Fsp3) is 0.368. The molecule has 0 unspecified atom stereocenters. The number of nitrogens with one attached hydrogen (secondary N) is 1. The molecule has 2 saturated carbocycles. The molecule has 0 saturated heterocycles. The molecule has 0 atom stereocenters. The number of aromatic nitrogens is 5. The van der Waals surface area contributed by atoms with Crippen LogP contribution in [0.4, 0.5) is 9.52 Å². The molecule has 6 rings (SSSR count). The van der Waals surface area contributed by atoms with Gasteiger partial charge >= 0.3 is 5.69 Å². The second-order valence-corrected chi connectivity index (χ2v) is 8.59. The maximum atomic E-state index is 13.4. The lowest BCUT2D eigenvalue weighted by molar-refractivity contribution is 0.280. The van der Waals surface area contributed by atoms with Gasteiger partial charge in [0.05, 0.1) is 10.2 Å². The number of hydrogen-bond donors (Lipinski definition) is 1. The summed E-state index contributed by atoms with van der Waals surface area (Å²) < 4.78 is 17.8. The molecule has 2 aliphatic rings. The molecule has 0 radical (unpaired) electrons. The van der Waals surface area contributed by atoms with Crippen molar-refractivity contribution < 1.29 is 4.39 Å². The van der Waals surface area contributed by atoms with Gasteiger partial charge < -0.3 is 5.32 Å². The number of anilines is 1. The number of imidazole rings is 1. The van der Waals surface area contributed by atoms with E-state index in [-0.39, 0.29) is 29.6 Å². The third kappa shape index (κ3) is 2.46. The molecule has 7 nitrogen and oxygen atoms in total. The number of fused-ring (bicyclic) bond motifs is 2. The second-order valence-electron chi connectivity index (χ2n) is 7.55. The van der Waals surface area contributed by atoms with Gasteiger partial charge in [-0.15, -0.1) is 0 Å². The van der Waals surface area contributed by atoms with Gasteiger partial charge in [-0.05, 0) is 43.9 Å². The molecule has 3 aromatic heterocycles. The van der Waals surface area contributed by atoms with E-state index in [4.69, 9.17) is 0 Å². The monoisotopic (exact) mass is 396 g/mol. The molecule has 0 bridgehead atoms. The van der Waals surface area contributed by atoms with Crippen LogP contribution in [-0.4, -0.2) is 30.1 Å². The third-order valence-corrected chi connectivity index (χ3v) is 6.55. The first-order chi connectivity index (χ1) is 13.7. The molecule has 3 heterocycles. The quantitative estimate of drug-likeness (QED) is 0.571. The van der Waals surface area contributed by atoms with Crippen molar-refractivity contribution >= 4 is 38.0 Å². The van der Waals surface area contributed by atoms with Gasteiger partial charge in [0, 0.05) is 30.5 Å². The number of benzene rings is 1. The molecule has 1 aromatic carbocycles. The summed E-state index contributed by atoms with van der Waals surface area (Å²) in [5.41, 5.74) is 2.17. The molecule has 0 amide bonds. The first kappa shape index (κ1) is 16.2. The van der Waals surface area contributed by atoms with E-state index < -0.39 is 0 Å². The zero-order chi connectivity index (χ0) is 18.8. The normalized spacial score (nSPS) is 21.9. The molecule has 2 aliphatic carbocycles. The second kappa shape index (κ2) is 5.84. The van der Waals surface area contributed by atoms with E-state index in [1.54, 1.807) is 18.5 Å². The van der Waals surface area contributed by atoms with Crippen molar-refractivity contribution in [3.8, 4) is 0 Å². The lowest BCUT2D eigenvalue weighted by Crippen LogP contribution is -2.41. The van der Waals surface area contributed by atoms with Crippen molar-refractivity contribution in [1.29, 1.82) is 0 Å². The molecule has 28 heavy (non-hydrogen) atoms. The fourth-order valence-corrected chi connectivity index (χ4v) is 4.97. The average molecular weight is 396 g/mol. The highest BCUT2D eigenvalue weighted by Gasteiger charge is 2.37. The Kier molecular flexibility index (Phi) is 3.37. The predicted molar refractivity (Wildman–Crippen MR) is 105 cm³/mol. The highest BCUT2D eigenvalue weighted by molar-refractivity contribution is 7.22. The molecule has 142 valence electrons. The van der Waals surface area contributed by atoms with Crippen LogP contribution in [0.15, 0.2) is 35.4 Å². The SMILES string of the molecule is O=c1n(C2CC2)c2nccnc2n1C1CC(Nc2nc3ccc(F)cc3s2)C1. The third-order valence-electron chi connectivity index (χ3n) is 5.60. The Bertz CT molecular complexity index is 1270. The Balaban J connectivity index is 1.25. The van der Waals surface area contributed by atoms with Gasteiger partial charge in [-0.1, -0.05) is 11.3 Å². The summed E-state index contributed by atoms with van der Waals surface area (Å²) in [5.74, 6) is -0.251. The van der Waals surface area contributed by atoms with Crippen LogP contribution in [0.3, 0.4) is 0 Å². The number of hydrogen-bond acceptors (Lipinski definition) is 6. The summed E-state index contributed by atoms with van der Waals surface area (Å²) in [6.45, 7) is 0. The van der Waals surface area contributed by atoms with Crippen molar-refractivity contribution in [2.24, 2.45) is 0 Å². The van der Waals surface area contributed by atoms with Crippen molar-refractivity contribution in [3.63, 3.8) is 0 Å². The van der Waals surface area contributed by atoms with Crippen LogP contribution in [0.1, 0.15) is 37.8 Å². The summed E-state index contributed by atoms with van der Waals surface area (Å²) in [5, 5.41) is 4.21. The standard InChI is InChI=1S/C19H17FN6OS/c20-10-1-4-14-15(7-10)28-18(24-14)23-11-8-13(9-11)26-17-16(21-5-6-22-17)25(19(26)27)12-2-3-12/h1,4-7,11-13H,2-3,8-9H2,(H,23,24). The van der Waals surface area contributed by atoms with E-state index in [9.17, 15) is 9.18 Å². The predicted octanol–water partition coefficient (Wildman–Crippen LogP) is 3.49. The summed E-state index contributed by atoms with van der Waals surface area (Å²) in [7, 11) is 0. The topological polar surface area (TPSA) is 77.6 Å². The van der Waals surface area contributed by atoms with Crippen LogP contribution < -0.4 is 11.0 Å². The van der Waals surface area contributed by atoms with E-state index >= 15 is 0 Å². The average Bonchev–Trinajstić information content (AvgIpc) is 3.33. The highest BCUT2D eigenvalue weighted by Crippen LogP contribution is 2.39. The van der Waals surface area contributed by atoms with Crippen LogP contribution in [0.5, 0.6) is 0 Å². The summed E-state index contributed by atoms with van der Waals surface area (Å²) in [6.07, 6.45) is 7.00. The van der Waals surface area contributed by atoms with E-state index in [1.807, 2.05) is 9.13 Å². The van der Waals surface area contributed by atoms with Crippen molar-refractivity contribution in [3.05, 3.63) is 46.9 Å². The lowest BCUT2D eigenvalue weighted by Gasteiger charge is -2.36. The Hall–Kier alpha value is -2.81. The van der Waals surface area contributed by atoms with E-state index in [2.05, 4.69) is 20.3 Å². The minimum Gasteiger partial charge on any atom is -0.359 e. The van der Waals surface area contributed by atoms with Gasteiger partial charge in [0.1, 0.15) is 5.82 Å². The number of thiazole rings is 1. The first-order valence-electron chi connectivity index (χ1n) is 9.43. The van der Waals surface area contributed by atoms with Gasteiger partial charge in [-0.25, -0.2) is 24.1 Å². The van der Waals surface area contributed by atoms with E-state index in [0.29, 0.717) is 11.3 Å². The van der Waals surface area contributed by atoms with Crippen LogP contribution in [0.2, 0.25) is 0 Å². The number of halogens is 1. The minimum absolute atomic E-state index is 0.00242. The van der Waals surface area contributed by atoms with Crippen LogP contribution in [-0.2, 0) is 0 Å². The van der Waals surface area contributed by atoms with Crippen LogP contribution in [0.25, 0.3) is 21.5 Å². The summed E-state index contributed by atoms with van der Waals surface area (Å²) in [4.78, 5) is 26.4. The summed E-state index contributed by atoms with van der Waals surface area (Å²) >= 11 is 1.45. The van der Waals surface area contributed by atoms with E-state index in [1.165, 1.54) is 23.5 Å². The van der Waals surface area contributed by atoms with Gasteiger partial charge in [-0.2, -0.15) is 0 Å². The Morgan fingerprint density at radius 1 is 1.07 bits per heavy atom. The maximum Gasteiger partial charge on any atom is 0.332 e. The Morgan fingerprint density at radius 3 is 2.50 bits per heavy atom. The molecule has 9 heteroatoms. The molecule has 4 aromatic rings. The van der Waals surface area contributed by atoms with Crippen molar-refractivity contribution in [2.45, 2.75) is 43.8 Å². The first-order valence-corrected chi connectivity index (χ1v) is 10.2. The molecule has 0 aliphatic heterocycles. The maximum absolute atomic E-state index is 13.4. The number of nitrogens with zero attached hydrogens (tertiary/aromatic N) is 5. The van der Waals surface area contributed by atoms with Gasteiger partial charge in [0.2, 0.25) is 0 Å². The van der Waals surface area contributed by atoms with Crippen LogP contribution in [0, 0.1) is 5.82 Å².